The molecule has 1 aromatic rings. The SMILES string of the molecule is C=CCC(C)n1ccc2c1CC(C)(C)CC2N. The van der Waals surface area contributed by atoms with Gasteiger partial charge in [-0.1, -0.05) is 19.9 Å². The minimum Gasteiger partial charge on any atom is -0.348 e. The smallest absolute Gasteiger partial charge is 0.0339 e. The third-order valence-electron chi connectivity index (χ3n) is 3.86. The van der Waals surface area contributed by atoms with Crippen molar-refractivity contribution in [2.45, 2.75) is 52.1 Å². The molecule has 1 aromatic heterocycles. The van der Waals surface area contributed by atoms with Gasteiger partial charge < -0.3 is 10.3 Å². The first-order chi connectivity index (χ1) is 7.94. The van der Waals surface area contributed by atoms with Crippen molar-refractivity contribution in [3.05, 3.63) is 36.2 Å². The van der Waals surface area contributed by atoms with Crippen molar-refractivity contribution in [3.8, 4) is 0 Å². The molecule has 0 aliphatic heterocycles. The Morgan fingerprint density at radius 1 is 1.65 bits per heavy atom. The maximum absolute atomic E-state index is 6.28. The Kier molecular flexibility index (Phi) is 3.17. The summed E-state index contributed by atoms with van der Waals surface area (Å²) in [5, 5.41) is 0. The lowest BCUT2D eigenvalue weighted by Crippen LogP contribution is -2.30. The van der Waals surface area contributed by atoms with Gasteiger partial charge in [0, 0.05) is 24.0 Å². The number of nitrogens with zero attached hydrogens (tertiary/aromatic N) is 1. The number of fused-ring (bicyclic) bond motifs is 1. The fourth-order valence-corrected chi connectivity index (χ4v) is 3.03. The number of rotatable bonds is 3. The van der Waals surface area contributed by atoms with E-state index in [1.807, 2.05) is 6.08 Å². The van der Waals surface area contributed by atoms with E-state index in [1.165, 1.54) is 11.3 Å². The van der Waals surface area contributed by atoms with E-state index in [0.29, 0.717) is 11.5 Å². The minimum absolute atomic E-state index is 0.200. The fourth-order valence-electron chi connectivity index (χ4n) is 3.03. The van der Waals surface area contributed by atoms with Crippen LogP contribution >= 0.6 is 0 Å². The first kappa shape index (κ1) is 12.4. The zero-order chi connectivity index (χ0) is 12.6. The summed E-state index contributed by atoms with van der Waals surface area (Å²) in [6, 6.07) is 2.89. The van der Waals surface area contributed by atoms with Crippen LogP contribution in [0.1, 0.15) is 57.0 Å². The van der Waals surface area contributed by atoms with Crippen molar-refractivity contribution >= 4 is 0 Å². The van der Waals surface area contributed by atoms with E-state index in [2.05, 4.69) is 44.2 Å². The first-order valence-electron chi connectivity index (χ1n) is 6.51. The molecule has 0 amide bonds. The topological polar surface area (TPSA) is 30.9 Å². The van der Waals surface area contributed by atoms with E-state index in [0.717, 1.165) is 19.3 Å². The number of hydrogen-bond acceptors (Lipinski definition) is 1. The van der Waals surface area contributed by atoms with Gasteiger partial charge >= 0.3 is 0 Å². The van der Waals surface area contributed by atoms with Crippen molar-refractivity contribution in [1.29, 1.82) is 0 Å². The Morgan fingerprint density at radius 3 is 3.00 bits per heavy atom. The van der Waals surface area contributed by atoms with E-state index >= 15 is 0 Å². The average Bonchev–Trinajstić information content (AvgIpc) is 2.59. The summed E-state index contributed by atoms with van der Waals surface area (Å²) in [4.78, 5) is 0. The molecule has 2 heteroatoms. The summed E-state index contributed by atoms with van der Waals surface area (Å²) >= 11 is 0. The number of hydrogen-bond donors (Lipinski definition) is 1. The number of allylic oxidation sites excluding steroid dienone is 1. The van der Waals surface area contributed by atoms with Crippen LogP contribution in [-0.2, 0) is 6.42 Å². The molecule has 2 nitrogen and oxygen atoms in total. The van der Waals surface area contributed by atoms with Gasteiger partial charge in [0.15, 0.2) is 0 Å². The Hall–Kier alpha value is -1.02. The second kappa shape index (κ2) is 4.34. The molecule has 2 rings (SSSR count). The van der Waals surface area contributed by atoms with Crippen LogP contribution in [0.2, 0.25) is 0 Å². The molecule has 1 aliphatic rings. The summed E-state index contributed by atoms with van der Waals surface area (Å²) in [6.07, 6.45) is 7.41. The molecule has 0 fully saturated rings. The third-order valence-corrected chi connectivity index (χ3v) is 3.86. The van der Waals surface area contributed by atoms with E-state index in [-0.39, 0.29) is 6.04 Å². The molecule has 1 aliphatic carbocycles. The molecule has 0 saturated heterocycles. The number of nitrogens with two attached hydrogens (primary N) is 1. The van der Waals surface area contributed by atoms with Crippen molar-refractivity contribution in [1.82, 2.24) is 4.57 Å². The number of aromatic nitrogens is 1. The van der Waals surface area contributed by atoms with Gasteiger partial charge in [0.1, 0.15) is 0 Å². The lowest BCUT2D eigenvalue weighted by molar-refractivity contribution is 0.272. The molecule has 1 heterocycles. The maximum atomic E-state index is 6.28. The van der Waals surface area contributed by atoms with Crippen LogP contribution in [0.25, 0.3) is 0 Å². The molecule has 0 radical (unpaired) electrons. The molecular formula is C15H24N2. The first-order valence-corrected chi connectivity index (χ1v) is 6.51. The van der Waals surface area contributed by atoms with E-state index in [9.17, 15) is 0 Å². The molecule has 2 atom stereocenters. The molecule has 0 spiro atoms. The standard InChI is InChI=1S/C15H24N2/c1-5-6-11(2)17-8-7-12-13(16)9-15(3,4)10-14(12)17/h5,7-8,11,13H,1,6,9-10,16H2,2-4H3. The molecule has 0 aromatic carbocycles. The Balaban J connectivity index is 2.36. The summed E-state index contributed by atoms with van der Waals surface area (Å²) in [7, 11) is 0. The van der Waals surface area contributed by atoms with E-state index < -0.39 is 0 Å². The monoisotopic (exact) mass is 232 g/mol. The second-order valence-corrected chi connectivity index (χ2v) is 6.15. The molecule has 2 unspecified atom stereocenters. The lowest BCUT2D eigenvalue weighted by atomic mass is 9.74. The van der Waals surface area contributed by atoms with Gasteiger partial charge in [-0.15, -0.1) is 6.58 Å². The molecule has 0 saturated carbocycles. The quantitative estimate of drug-likeness (QED) is 0.793. The van der Waals surface area contributed by atoms with Gasteiger partial charge in [-0.2, -0.15) is 0 Å². The molecule has 0 bridgehead atoms. The Morgan fingerprint density at radius 2 is 2.35 bits per heavy atom. The van der Waals surface area contributed by atoms with Crippen LogP contribution in [0, 0.1) is 5.41 Å². The highest BCUT2D eigenvalue weighted by atomic mass is 15.0. The van der Waals surface area contributed by atoms with Crippen LogP contribution in [0.4, 0.5) is 0 Å². The Labute approximate surface area is 105 Å². The molecule has 94 valence electrons. The third kappa shape index (κ3) is 2.32. The summed E-state index contributed by atoms with van der Waals surface area (Å²) in [5.74, 6) is 0. The van der Waals surface area contributed by atoms with E-state index in [1.54, 1.807) is 0 Å². The van der Waals surface area contributed by atoms with Crippen molar-refractivity contribution in [2.75, 3.05) is 0 Å². The highest BCUT2D eigenvalue weighted by Gasteiger charge is 2.32. The highest BCUT2D eigenvalue weighted by molar-refractivity contribution is 5.30. The van der Waals surface area contributed by atoms with Gasteiger partial charge in [-0.3, -0.25) is 0 Å². The van der Waals surface area contributed by atoms with Crippen molar-refractivity contribution < 1.29 is 0 Å². The highest BCUT2D eigenvalue weighted by Crippen LogP contribution is 2.40. The minimum atomic E-state index is 0.200. The van der Waals surface area contributed by atoms with E-state index in [4.69, 9.17) is 5.73 Å². The predicted octanol–water partition coefficient (Wildman–Crippen LogP) is 3.60. The van der Waals surface area contributed by atoms with Crippen LogP contribution in [0.3, 0.4) is 0 Å². The summed E-state index contributed by atoms with van der Waals surface area (Å²) < 4.78 is 2.39. The Bertz CT molecular complexity index is 415. The zero-order valence-corrected chi connectivity index (χ0v) is 11.2. The van der Waals surface area contributed by atoms with Crippen LogP contribution in [0.5, 0.6) is 0 Å². The maximum Gasteiger partial charge on any atom is 0.0339 e. The summed E-state index contributed by atoms with van der Waals surface area (Å²) in [5.41, 5.74) is 9.37. The molecular weight excluding hydrogens is 208 g/mol. The predicted molar refractivity (Wildman–Crippen MR) is 73.0 cm³/mol. The van der Waals surface area contributed by atoms with Crippen LogP contribution in [-0.4, -0.2) is 4.57 Å². The van der Waals surface area contributed by atoms with Crippen LogP contribution in [0.15, 0.2) is 24.9 Å². The lowest BCUT2D eigenvalue weighted by Gasteiger charge is -2.35. The molecule has 17 heavy (non-hydrogen) atoms. The van der Waals surface area contributed by atoms with Crippen molar-refractivity contribution in [3.63, 3.8) is 0 Å². The zero-order valence-electron chi connectivity index (χ0n) is 11.2. The largest absolute Gasteiger partial charge is 0.348 e. The van der Waals surface area contributed by atoms with Gasteiger partial charge in [-0.25, -0.2) is 0 Å². The van der Waals surface area contributed by atoms with Gasteiger partial charge in [0.2, 0.25) is 0 Å². The average molecular weight is 232 g/mol. The van der Waals surface area contributed by atoms with Gasteiger partial charge in [0.05, 0.1) is 0 Å². The molecule has 2 N–H and O–H groups in total. The normalized spacial score (nSPS) is 24.1. The second-order valence-electron chi connectivity index (χ2n) is 6.15. The van der Waals surface area contributed by atoms with Crippen LogP contribution < -0.4 is 5.73 Å². The van der Waals surface area contributed by atoms with Gasteiger partial charge in [0.25, 0.3) is 0 Å². The fraction of sp³-hybridized carbons (Fsp3) is 0.600. The summed E-state index contributed by atoms with van der Waals surface area (Å²) in [6.45, 7) is 10.7. The van der Waals surface area contributed by atoms with Crippen molar-refractivity contribution in [2.24, 2.45) is 11.1 Å². The van der Waals surface area contributed by atoms with Gasteiger partial charge in [-0.05, 0) is 43.2 Å².